The van der Waals surface area contributed by atoms with Gasteiger partial charge in [0, 0.05) is 44.1 Å². The molecule has 0 unspecified atom stereocenters. The molecule has 0 aromatic carbocycles. The molecule has 4 bridgehead atoms. The zero-order chi connectivity index (χ0) is 17.7. The molecule has 2 heterocycles. The van der Waals surface area contributed by atoms with Crippen LogP contribution in [0.4, 0.5) is 0 Å². The Hall–Kier alpha value is -1.36. The van der Waals surface area contributed by atoms with Gasteiger partial charge in [-0.05, 0) is 62.3 Å². The molecule has 0 radical (unpaired) electrons. The topological polar surface area (TPSA) is 41.4 Å². The van der Waals surface area contributed by atoms with Crippen LogP contribution in [0.25, 0.3) is 0 Å². The monoisotopic (exact) mass is 356 g/mol. The van der Waals surface area contributed by atoms with Gasteiger partial charge in [0.15, 0.2) is 0 Å². The van der Waals surface area contributed by atoms with Crippen molar-refractivity contribution in [1.82, 2.24) is 19.6 Å². The number of hydrogen-bond donors (Lipinski definition) is 0. The molecule has 1 aromatic rings. The van der Waals surface area contributed by atoms with Crippen molar-refractivity contribution in [3.8, 4) is 0 Å². The fourth-order valence-corrected chi connectivity index (χ4v) is 6.93. The third-order valence-corrected chi connectivity index (χ3v) is 7.71. The van der Waals surface area contributed by atoms with Gasteiger partial charge in [0.25, 0.3) is 0 Å². The number of aromatic nitrogens is 2. The summed E-state index contributed by atoms with van der Waals surface area (Å²) >= 11 is 0. The molecule has 1 aliphatic heterocycles. The molecule has 1 aromatic heterocycles. The lowest BCUT2D eigenvalue weighted by molar-refractivity contribution is -0.142. The fraction of sp³-hybridized carbons (Fsp3) is 0.810. The highest BCUT2D eigenvalue weighted by atomic mass is 16.2. The molecule has 5 nitrogen and oxygen atoms in total. The minimum absolute atomic E-state index is 0.000925. The first kappa shape index (κ1) is 16.8. The molecule has 0 N–H and O–H groups in total. The molecule has 4 saturated carbocycles. The molecule has 0 spiro atoms. The first-order valence-corrected chi connectivity index (χ1v) is 10.6. The standard InChI is InChI=1S/C21H32N4O/c1-16(15-25-4-2-3-22-25)20(26)23-5-7-24(8-6-23)21-12-17-9-18(13-21)11-19(10-17)14-21/h2-4,16-19H,5-15H2,1H3/t16-,17?,18?,19?,21?/m0/s1. The number of nitrogens with zero attached hydrogens (tertiary/aromatic N) is 4. The van der Waals surface area contributed by atoms with Crippen molar-refractivity contribution < 1.29 is 4.79 Å². The lowest BCUT2D eigenvalue weighted by Gasteiger charge is -2.61. The Morgan fingerprint density at radius 1 is 1.08 bits per heavy atom. The molecular weight excluding hydrogens is 324 g/mol. The summed E-state index contributed by atoms with van der Waals surface area (Å²) in [5.74, 6) is 3.28. The minimum atomic E-state index is 0.000925. The average molecular weight is 357 g/mol. The molecule has 5 fully saturated rings. The van der Waals surface area contributed by atoms with Gasteiger partial charge in [-0.25, -0.2) is 0 Å². The van der Waals surface area contributed by atoms with Gasteiger partial charge in [0.1, 0.15) is 0 Å². The summed E-state index contributed by atoms with van der Waals surface area (Å²) in [6, 6.07) is 1.92. The SMILES string of the molecule is C[C@@H](Cn1cccn1)C(=O)N1CCN(C23CC4CC(CC(C4)C2)C3)CC1. The van der Waals surface area contributed by atoms with Crippen molar-refractivity contribution in [2.45, 2.75) is 57.5 Å². The van der Waals surface area contributed by atoms with Gasteiger partial charge in [-0.2, -0.15) is 5.10 Å². The molecule has 26 heavy (non-hydrogen) atoms. The predicted molar refractivity (Wildman–Crippen MR) is 100 cm³/mol. The van der Waals surface area contributed by atoms with Gasteiger partial charge in [0.2, 0.25) is 5.91 Å². The summed E-state index contributed by atoms with van der Waals surface area (Å²) in [7, 11) is 0. The molecule has 1 amide bonds. The minimum Gasteiger partial charge on any atom is -0.340 e. The second-order valence-electron chi connectivity index (χ2n) is 9.58. The number of carbonyl (C=O) groups is 1. The normalized spacial score (nSPS) is 37.9. The van der Waals surface area contributed by atoms with Crippen LogP contribution in [0.2, 0.25) is 0 Å². The van der Waals surface area contributed by atoms with E-state index in [0.29, 0.717) is 18.0 Å². The first-order chi connectivity index (χ1) is 12.6. The van der Waals surface area contributed by atoms with E-state index in [2.05, 4.69) is 14.9 Å². The Bertz CT molecular complexity index is 612. The lowest BCUT2D eigenvalue weighted by atomic mass is 9.52. The van der Waals surface area contributed by atoms with Crippen LogP contribution in [-0.4, -0.2) is 57.2 Å². The Morgan fingerprint density at radius 2 is 1.69 bits per heavy atom. The molecule has 1 saturated heterocycles. The zero-order valence-corrected chi connectivity index (χ0v) is 16.0. The van der Waals surface area contributed by atoms with Crippen LogP contribution >= 0.6 is 0 Å². The van der Waals surface area contributed by atoms with E-state index in [0.717, 1.165) is 43.9 Å². The number of carbonyl (C=O) groups excluding carboxylic acids is 1. The van der Waals surface area contributed by atoms with Crippen molar-refractivity contribution in [3.05, 3.63) is 18.5 Å². The quantitative estimate of drug-likeness (QED) is 0.833. The van der Waals surface area contributed by atoms with Crippen LogP contribution in [0.15, 0.2) is 18.5 Å². The van der Waals surface area contributed by atoms with Crippen LogP contribution in [0.1, 0.15) is 45.4 Å². The summed E-state index contributed by atoms with van der Waals surface area (Å²) < 4.78 is 1.87. The number of hydrogen-bond acceptors (Lipinski definition) is 3. The molecule has 1 atom stereocenters. The van der Waals surface area contributed by atoms with Gasteiger partial charge in [-0.3, -0.25) is 14.4 Å². The maximum atomic E-state index is 12.8. The molecular formula is C21H32N4O. The van der Waals surface area contributed by atoms with E-state index >= 15 is 0 Å². The van der Waals surface area contributed by atoms with E-state index in [4.69, 9.17) is 0 Å². The van der Waals surface area contributed by atoms with Crippen LogP contribution in [0, 0.1) is 23.7 Å². The highest BCUT2D eigenvalue weighted by Crippen LogP contribution is 2.57. The van der Waals surface area contributed by atoms with Crippen LogP contribution < -0.4 is 0 Å². The van der Waals surface area contributed by atoms with Crippen LogP contribution in [0.5, 0.6) is 0 Å². The Morgan fingerprint density at radius 3 is 2.23 bits per heavy atom. The largest absolute Gasteiger partial charge is 0.340 e. The zero-order valence-electron chi connectivity index (χ0n) is 16.0. The lowest BCUT2D eigenvalue weighted by Crippen LogP contribution is -2.64. The van der Waals surface area contributed by atoms with E-state index in [1.165, 1.54) is 38.5 Å². The second-order valence-corrected chi connectivity index (χ2v) is 9.58. The van der Waals surface area contributed by atoms with Gasteiger partial charge in [-0.15, -0.1) is 0 Å². The first-order valence-electron chi connectivity index (χ1n) is 10.6. The summed E-state index contributed by atoms with van der Waals surface area (Å²) in [5, 5.41) is 4.24. The smallest absolute Gasteiger partial charge is 0.227 e. The van der Waals surface area contributed by atoms with Gasteiger partial charge in [-0.1, -0.05) is 6.92 Å². The van der Waals surface area contributed by atoms with Crippen LogP contribution in [-0.2, 0) is 11.3 Å². The number of rotatable bonds is 4. The van der Waals surface area contributed by atoms with Gasteiger partial charge >= 0.3 is 0 Å². The predicted octanol–water partition coefficient (Wildman–Crippen LogP) is 2.63. The molecule has 4 aliphatic carbocycles. The number of amides is 1. The molecule has 5 aliphatic rings. The Balaban J connectivity index is 1.19. The van der Waals surface area contributed by atoms with Crippen LogP contribution in [0.3, 0.4) is 0 Å². The van der Waals surface area contributed by atoms with E-state index in [1.54, 1.807) is 6.20 Å². The van der Waals surface area contributed by atoms with Crippen molar-refractivity contribution in [2.75, 3.05) is 26.2 Å². The second kappa shape index (κ2) is 6.36. The molecule has 6 rings (SSSR count). The maximum Gasteiger partial charge on any atom is 0.227 e. The maximum absolute atomic E-state index is 12.8. The summed E-state index contributed by atoms with van der Waals surface area (Å²) in [4.78, 5) is 17.7. The van der Waals surface area contributed by atoms with Gasteiger partial charge in [0.05, 0.1) is 12.5 Å². The average Bonchev–Trinajstić information content (AvgIpc) is 3.13. The Kier molecular flexibility index (Phi) is 4.11. The summed E-state index contributed by atoms with van der Waals surface area (Å²) in [6.07, 6.45) is 12.5. The summed E-state index contributed by atoms with van der Waals surface area (Å²) in [5.41, 5.74) is 0.491. The van der Waals surface area contributed by atoms with E-state index in [1.807, 2.05) is 23.9 Å². The molecule has 5 heteroatoms. The third-order valence-electron chi connectivity index (χ3n) is 7.71. The van der Waals surface area contributed by atoms with E-state index in [9.17, 15) is 4.79 Å². The fourth-order valence-electron chi connectivity index (χ4n) is 6.93. The highest BCUT2D eigenvalue weighted by Gasteiger charge is 2.53. The third kappa shape index (κ3) is 2.88. The van der Waals surface area contributed by atoms with Crippen molar-refractivity contribution in [2.24, 2.45) is 23.7 Å². The van der Waals surface area contributed by atoms with Crippen molar-refractivity contribution in [1.29, 1.82) is 0 Å². The number of piperazine rings is 1. The molecule has 142 valence electrons. The Labute approximate surface area is 156 Å². The van der Waals surface area contributed by atoms with E-state index < -0.39 is 0 Å². The van der Waals surface area contributed by atoms with E-state index in [-0.39, 0.29) is 5.92 Å². The van der Waals surface area contributed by atoms with Crippen molar-refractivity contribution in [3.63, 3.8) is 0 Å². The summed E-state index contributed by atoms with van der Waals surface area (Å²) in [6.45, 7) is 6.68. The highest BCUT2D eigenvalue weighted by molar-refractivity contribution is 5.78. The van der Waals surface area contributed by atoms with Crippen molar-refractivity contribution >= 4 is 5.91 Å². The van der Waals surface area contributed by atoms with Gasteiger partial charge < -0.3 is 4.90 Å².